The standard InChI is InChI=1S/C53H30N4O/c1-2-15-36(16-3-1)57-46-22-7-6-17-38(46)39-26-24-35(29-47(39)57)52-54-51(34-23-25-37-40-18-8-13-31-14-9-19-41(49(31)40)44(37)28-34)55-53(56-52)43-21-10-20-42-45-27-32-11-4-5-12-33(32)30-48(45)58-50(42)43/h1-30H. The van der Waals surface area contributed by atoms with E-state index in [1.807, 2.05) is 0 Å². The van der Waals surface area contributed by atoms with Crippen LogP contribution in [0.4, 0.5) is 0 Å². The smallest absolute Gasteiger partial charge is 0.167 e. The molecule has 1 aliphatic carbocycles. The first-order valence-corrected chi connectivity index (χ1v) is 19.6. The molecule has 13 rings (SSSR count). The molecule has 268 valence electrons. The van der Waals surface area contributed by atoms with Gasteiger partial charge in [0.1, 0.15) is 11.2 Å². The van der Waals surface area contributed by atoms with Gasteiger partial charge in [0.2, 0.25) is 0 Å². The van der Waals surface area contributed by atoms with Crippen LogP contribution >= 0.6 is 0 Å². The van der Waals surface area contributed by atoms with Crippen molar-refractivity contribution in [3.63, 3.8) is 0 Å². The van der Waals surface area contributed by atoms with Gasteiger partial charge in [0.05, 0.1) is 16.6 Å². The summed E-state index contributed by atoms with van der Waals surface area (Å²) in [6.07, 6.45) is 0. The first kappa shape index (κ1) is 31.3. The van der Waals surface area contributed by atoms with E-state index in [0.29, 0.717) is 17.5 Å². The van der Waals surface area contributed by atoms with Gasteiger partial charge in [-0.25, -0.2) is 15.0 Å². The van der Waals surface area contributed by atoms with E-state index >= 15 is 0 Å². The van der Waals surface area contributed by atoms with Crippen molar-refractivity contribution < 1.29 is 4.42 Å². The maximum absolute atomic E-state index is 6.72. The van der Waals surface area contributed by atoms with E-state index in [2.05, 4.69) is 187 Å². The third kappa shape index (κ3) is 4.50. The summed E-state index contributed by atoms with van der Waals surface area (Å²) in [6.45, 7) is 0. The van der Waals surface area contributed by atoms with E-state index in [4.69, 9.17) is 19.4 Å². The van der Waals surface area contributed by atoms with Gasteiger partial charge in [0.15, 0.2) is 17.5 Å². The monoisotopic (exact) mass is 738 g/mol. The Morgan fingerprint density at radius 3 is 1.83 bits per heavy atom. The van der Waals surface area contributed by atoms with E-state index in [1.165, 1.54) is 49.2 Å². The summed E-state index contributed by atoms with van der Waals surface area (Å²) in [5.41, 5.74) is 12.5. The van der Waals surface area contributed by atoms with Crippen molar-refractivity contribution >= 4 is 65.3 Å². The van der Waals surface area contributed by atoms with Crippen LogP contribution in [-0.2, 0) is 0 Å². The maximum Gasteiger partial charge on any atom is 0.167 e. The van der Waals surface area contributed by atoms with Gasteiger partial charge in [-0.15, -0.1) is 0 Å². The van der Waals surface area contributed by atoms with Gasteiger partial charge < -0.3 is 8.98 Å². The number of nitrogens with zero attached hydrogens (tertiary/aromatic N) is 4. The Balaban J connectivity index is 1.06. The number of para-hydroxylation sites is 3. The molecule has 3 heterocycles. The molecular weight excluding hydrogens is 709 g/mol. The molecule has 0 amide bonds. The number of hydrogen-bond donors (Lipinski definition) is 0. The summed E-state index contributed by atoms with van der Waals surface area (Å²) >= 11 is 0. The quantitative estimate of drug-likeness (QED) is 0.180. The molecule has 0 bridgehead atoms. The summed E-state index contributed by atoms with van der Waals surface area (Å²) in [5, 5.41) is 9.31. The summed E-state index contributed by atoms with van der Waals surface area (Å²) in [5.74, 6) is 1.76. The normalized spacial score (nSPS) is 12.1. The number of fused-ring (bicyclic) bond motifs is 10. The molecule has 5 heteroatoms. The van der Waals surface area contributed by atoms with Crippen LogP contribution in [0.15, 0.2) is 186 Å². The highest BCUT2D eigenvalue weighted by Gasteiger charge is 2.24. The first-order valence-electron chi connectivity index (χ1n) is 19.6. The Bertz CT molecular complexity index is 3690. The Kier molecular flexibility index (Phi) is 6.38. The molecule has 0 saturated heterocycles. The van der Waals surface area contributed by atoms with Crippen molar-refractivity contribution in [2.45, 2.75) is 0 Å². The lowest BCUT2D eigenvalue weighted by Crippen LogP contribution is -2.01. The molecule has 0 N–H and O–H groups in total. The number of furan rings is 1. The van der Waals surface area contributed by atoms with E-state index in [0.717, 1.165) is 60.7 Å². The molecule has 12 aromatic rings. The fraction of sp³-hybridized carbons (Fsp3) is 0. The largest absolute Gasteiger partial charge is 0.455 e. The first-order chi connectivity index (χ1) is 28.7. The number of hydrogen-bond acceptors (Lipinski definition) is 4. The number of rotatable bonds is 4. The van der Waals surface area contributed by atoms with Crippen LogP contribution in [0.3, 0.4) is 0 Å². The summed E-state index contributed by atoms with van der Waals surface area (Å²) in [6, 6.07) is 64.4. The summed E-state index contributed by atoms with van der Waals surface area (Å²) < 4.78 is 9.05. The molecule has 0 atom stereocenters. The molecule has 0 fully saturated rings. The van der Waals surface area contributed by atoms with Gasteiger partial charge in [-0.2, -0.15) is 0 Å². The zero-order valence-electron chi connectivity index (χ0n) is 31.0. The fourth-order valence-electron chi connectivity index (χ4n) is 9.31. The number of aromatic nitrogens is 4. The second-order valence-electron chi connectivity index (χ2n) is 15.2. The third-order valence-electron chi connectivity index (χ3n) is 12.0. The van der Waals surface area contributed by atoms with Crippen LogP contribution < -0.4 is 0 Å². The van der Waals surface area contributed by atoms with Crippen LogP contribution in [0.2, 0.25) is 0 Å². The van der Waals surface area contributed by atoms with E-state index < -0.39 is 0 Å². The Labute approximate surface area is 332 Å². The SMILES string of the molecule is c1ccc(-n2c3ccccc3c3ccc(-c4nc(-c5ccc6c(c5)-c5cccc7cccc-6c57)nc(-c5cccc6c5oc5cc7ccccc7cc56)n4)cc32)cc1. The molecule has 1 aliphatic rings. The van der Waals surface area contributed by atoms with Crippen LogP contribution in [0.5, 0.6) is 0 Å². The van der Waals surface area contributed by atoms with Crippen molar-refractivity contribution in [3.8, 4) is 62.1 Å². The Morgan fingerprint density at radius 2 is 0.983 bits per heavy atom. The van der Waals surface area contributed by atoms with Crippen molar-refractivity contribution in [1.29, 1.82) is 0 Å². The highest BCUT2D eigenvalue weighted by molar-refractivity contribution is 6.16. The lowest BCUT2D eigenvalue weighted by molar-refractivity contribution is 0.670. The van der Waals surface area contributed by atoms with Crippen molar-refractivity contribution in [1.82, 2.24) is 19.5 Å². The van der Waals surface area contributed by atoms with Gasteiger partial charge in [-0.1, -0.05) is 133 Å². The molecule has 58 heavy (non-hydrogen) atoms. The highest BCUT2D eigenvalue weighted by Crippen LogP contribution is 2.48. The summed E-state index contributed by atoms with van der Waals surface area (Å²) in [4.78, 5) is 15.8. The minimum atomic E-state index is 0.559. The lowest BCUT2D eigenvalue weighted by atomic mass is 10.0. The second kappa shape index (κ2) is 11.8. The van der Waals surface area contributed by atoms with Crippen LogP contribution in [0, 0.1) is 0 Å². The molecular formula is C53H30N4O. The summed E-state index contributed by atoms with van der Waals surface area (Å²) in [7, 11) is 0. The molecule has 3 aromatic heterocycles. The average Bonchev–Trinajstić information content (AvgIpc) is 3.93. The molecule has 0 saturated carbocycles. The molecule has 9 aromatic carbocycles. The van der Waals surface area contributed by atoms with Gasteiger partial charge in [-0.3, -0.25) is 0 Å². The Hall–Kier alpha value is -7.89. The molecule has 0 aliphatic heterocycles. The van der Waals surface area contributed by atoms with Gasteiger partial charge in [0.25, 0.3) is 0 Å². The minimum absolute atomic E-state index is 0.559. The second-order valence-corrected chi connectivity index (χ2v) is 15.2. The lowest BCUT2D eigenvalue weighted by Gasteiger charge is -2.11. The van der Waals surface area contributed by atoms with Crippen LogP contribution in [-0.4, -0.2) is 19.5 Å². The predicted octanol–water partition coefficient (Wildman–Crippen LogP) is 13.8. The Morgan fingerprint density at radius 1 is 0.362 bits per heavy atom. The van der Waals surface area contributed by atoms with Crippen LogP contribution in [0.25, 0.3) is 127 Å². The van der Waals surface area contributed by atoms with E-state index in [-0.39, 0.29) is 0 Å². The fourth-order valence-corrected chi connectivity index (χ4v) is 9.31. The number of benzene rings is 9. The molecule has 0 spiro atoms. The van der Waals surface area contributed by atoms with Crippen molar-refractivity contribution in [2.75, 3.05) is 0 Å². The molecule has 5 nitrogen and oxygen atoms in total. The van der Waals surface area contributed by atoms with Crippen molar-refractivity contribution in [3.05, 3.63) is 182 Å². The van der Waals surface area contributed by atoms with Crippen molar-refractivity contribution in [2.24, 2.45) is 0 Å². The van der Waals surface area contributed by atoms with Crippen LogP contribution in [0.1, 0.15) is 0 Å². The van der Waals surface area contributed by atoms with Gasteiger partial charge >= 0.3 is 0 Å². The predicted molar refractivity (Wildman–Crippen MR) is 237 cm³/mol. The van der Waals surface area contributed by atoms with E-state index in [1.54, 1.807) is 0 Å². The van der Waals surface area contributed by atoms with Gasteiger partial charge in [0, 0.05) is 38.4 Å². The zero-order valence-corrected chi connectivity index (χ0v) is 31.0. The van der Waals surface area contributed by atoms with E-state index in [9.17, 15) is 0 Å². The zero-order chi connectivity index (χ0) is 37.9. The highest BCUT2D eigenvalue weighted by atomic mass is 16.3. The topological polar surface area (TPSA) is 56.7 Å². The third-order valence-corrected chi connectivity index (χ3v) is 12.0. The van der Waals surface area contributed by atoms with Gasteiger partial charge in [-0.05, 0) is 92.3 Å². The maximum atomic E-state index is 6.72. The minimum Gasteiger partial charge on any atom is -0.455 e. The molecule has 0 unspecified atom stereocenters. The molecule has 0 radical (unpaired) electrons. The average molecular weight is 739 g/mol.